The number of hydrogen-bond acceptors (Lipinski definition) is 1. The molecule has 1 nitrogen and oxygen atoms in total. The number of para-hydroxylation sites is 1. The average molecular weight is 704 g/mol. The Morgan fingerprint density at radius 2 is 0.873 bits per heavy atom. The number of rotatable bonds is 4. The van der Waals surface area contributed by atoms with Gasteiger partial charge in [0.05, 0.1) is 22.5 Å². The van der Waals surface area contributed by atoms with Gasteiger partial charge in [-0.15, -0.1) is 0 Å². The van der Waals surface area contributed by atoms with E-state index >= 15 is 0 Å². The highest BCUT2D eigenvalue weighted by atomic mass is 15.2. The molecule has 55 heavy (non-hydrogen) atoms. The maximum absolute atomic E-state index is 2.58. The largest absolute Gasteiger partial charge is 0.309 e. The van der Waals surface area contributed by atoms with E-state index in [2.05, 4.69) is 202 Å². The normalized spacial score (nSPS) is 16.9. The third kappa shape index (κ3) is 4.36. The first-order valence-electron chi connectivity index (χ1n) is 19.6. The maximum atomic E-state index is 2.58. The number of hydrogen-bond donors (Lipinski definition) is 0. The fourth-order valence-corrected chi connectivity index (χ4v) is 10.3. The number of aryl methyl sites for hydroxylation is 4. The molecule has 3 aliphatic carbocycles. The lowest BCUT2D eigenvalue weighted by molar-refractivity contribution is 0.620. The zero-order valence-corrected chi connectivity index (χ0v) is 31.7. The molecule has 1 heteroatoms. The van der Waals surface area contributed by atoms with Crippen LogP contribution in [0.4, 0.5) is 17.1 Å². The van der Waals surface area contributed by atoms with Crippen molar-refractivity contribution in [1.29, 1.82) is 0 Å². The van der Waals surface area contributed by atoms with Crippen LogP contribution in [0.15, 0.2) is 170 Å². The topological polar surface area (TPSA) is 3.24 Å². The summed E-state index contributed by atoms with van der Waals surface area (Å²) in [5.74, 6) is 0.162. The van der Waals surface area contributed by atoms with E-state index in [9.17, 15) is 0 Å². The Labute approximate surface area is 324 Å². The summed E-state index contributed by atoms with van der Waals surface area (Å²) < 4.78 is 0. The predicted octanol–water partition coefficient (Wildman–Crippen LogP) is 13.9. The Bertz CT molecular complexity index is 2800. The molecular weight excluding hydrogens is 663 g/mol. The van der Waals surface area contributed by atoms with Crippen LogP contribution in [0, 0.1) is 27.7 Å². The molecule has 12 rings (SSSR count). The molecule has 0 atom stereocenters. The van der Waals surface area contributed by atoms with Gasteiger partial charge in [0, 0.05) is 11.5 Å². The molecule has 0 saturated heterocycles. The minimum atomic E-state index is -0.506. The standard InChI is InChI=1S/C54H41N/c1-33-28-44-46(30-35(33)3)54-47-31-36(4)34(2)29-45(47)52(44)43-23-15-25-51(53(43)54)55(49-24-14-13-22-42(49)38-18-9-6-10-19-38)50-27-26-39(32-48(50)54)41-21-12-11-20-40(41)37-16-7-5-8-17-37/h5-32,52H,1-4H3. The monoisotopic (exact) mass is 703 g/mol. The van der Waals surface area contributed by atoms with Gasteiger partial charge in [0.25, 0.3) is 0 Å². The van der Waals surface area contributed by atoms with Gasteiger partial charge >= 0.3 is 0 Å². The van der Waals surface area contributed by atoms with Crippen LogP contribution in [0.2, 0.25) is 0 Å². The minimum Gasteiger partial charge on any atom is -0.309 e. The molecule has 0 saturated carbocycles. The summed E-state index contributed by atoms with van der Waals surface area (Å²) in [6.07, 6.45) is 0. The molecule has 4 aliphatic rings. The highest BCUT2D eigenvalue weighted by Crippen LogP contribution is 2.69. The van der Waals surface area contributed by atoms with Crippen molar-refractivity contribution in [1.82, 2.24) is 0 Å². The third-order valence-corrected chi connectivity index (χ3v) is 13.0. The molecule has 1 heterocycles. The highest BCUT2D eigenvalue weighted by Gasteiger charge is 2.57. The maximum Gasteiger partial charge on any atom is 0.0751 e. The van der Waals surface area contributed by atoms with Crippen LogP contribution < -0.4 is 4.90 Å². The van der Waals surface area contributed by atoms with E-state index in [4.69, 9.17) is 0 Å². The second-order valence-electron chi connectivity index (χ2n) is 15.8. The van der Waals surface area contributed by atoms with Gasteiger partial charge in [-0.05, 0) is 141 Å². The first kappa shape index (κ1) is 32.0. The van der Waals surface area contributed by atoms with Crippen LogP contribution in [-0.2, 0) is 5.41 Å². The Balaban J connectivity index is 1.30. The first-order chi connectivity index (χ1) is 26.9. The van der Waals surface area contributed by atoms with Crippen molar-refractivity contribution in [2.45, 2.75) is 39.0 Å². The molecule has 0 radical (unpaired) electrons. The van der Waals surface area contributed by atoms with E-state index < -0.39 is 5.41 Å². The summed E-state index contributed by atoms with van der Waals surface area (Å²) in [6.45, 7) is 9.15. The minimum absolute atomic E-state index is 0.162. The first-order valence-corrected chi connectivity index (χ1v) is 19.6. The van der Waals surface area contributed by atoms with Gasteiger partial charge in [0.15, 0.2) is 0 Å². The van der Waals surface area contributed by atoms with Crippen LogP contribution in [0.3, 0.4) is 0 Å². The van der Waals surface area contributed by atoms with E-state index in [0.717, 1.165) is 0 Å². The number of anilines is 3. The Hall–Kier alpha value is -6.44. The average Bonchev–Trinajstić information content (AvgIpc) is 3.23. The number of fused-ring (bicyclic) bond motifs is 1. The smallest absolute Gasteiger partial charge is 0.0751 e. The molecule has 0 fully saturated rings. The van der Waals surface area contributed by atoms with Crippen LogP contribution in [0.5, 0.6) is 0 Å². The second-order valence-corrected chi connectivity index (χ2v) is 15.8. The van der Waals surface area contributed by atoms with Crippen molar-refractivity contribution in [3.8, 4) is 33.4 Å². The zero-order valence-electron chi connectivity index (χ0n) is 31.7. The third-order valence-electron chi connectivity index (χ3n) is 13.0. The molecule has 0 aromatic heterocycles. The Morgan fingerprint density at radius 3 is 1.51 bits per heavy atom. The van der Waals surface area contributed by atoms with Crippen molar-refractivity contribution in [2.24, 2.45) is 0 Å². The van der Waals surface area contributed by atoms with Crippen LogP contribution in [0.25, 0.3) is 33.4 Å². The van der Waals surface area contributed by atoms with Gasteiger partial charge in [0.2, 0.25) is 0 Å². The van der Waals surface area contributed by atoms with Crippen LogP contribution in [0.1, 0.15) is 67.1 Å². The van der Waals surface area contributed by atoms with Gasteiger partial charge in [-0.3, -0.25) is 0 Å². The Morgan fingerprint density at radius 1 is 0.364 bits per heavy atom. The van der Waals surface area contributed by atoms with Crippen LogP contribution >= 0.6 is 0 Å². The summed E-state index contributed by atoms with van der Waals surface area (Å²) in [4.78, 5) is 2.58. The molecule has 8 aromatic rings. The molecular formula is C54H41N. The molecule has 0 unspecified atom stereocenters. The summed E-state index contributed by atoms with van der Waals surface area (Å²) in [7, 11) is 0. The van der Waals surface area contributed by atoms with Crippen molar-refractivity contribution < 1.29 is 0 Å². The quantitative estimate of drug-likeness (QED) is 0.176. The van der Waals surface area contributed by atoms with Crippen molar-refractivity contribution in [3.63, 3.8) is 0 Å². The molecule has 8 aromatic carbocycles. The van der Waals surface area contributed by atoms with E-state index in [1.807, 2.05) is 0 Å². The molecule has 1 spiro atoms. The van der Waals surface area contributed by atoms with E-state index in [1.54, 1.807) is 0 Å². The van der Waals surface area contributed by atoms with Gasteiger partial charge < -0.3 is 4.90 Å². The van der Waals surface area contributed by atoms with E-state index in [-0.39, 0.29) is 5.92 Å². The predicted molar refractivity (Wildman–Crippen MR) is 229 cm³/mol. The van der Waals surface area contributed by atoms with Gasteiger partial charge in [-0.1, -0.05) is 146 Å². The molecule has 1 aliphatic heterocycles. The Kier molecular flexibility index (Phi) is 6.86. The van der Waals surface area contributed by atoms with Crippen LogP contribution in [-0.4, -0.2) is 0 Å². The molecule has 2 bridgehead atoms. The summed E-state index contributed by atoms with van der Waals surface area (Å²) >= 11 is 0. The number of nitrogens with zero attached hydrogens (tertiary/aromatic N) is 1. The summed E-state index contributed by atoms with van der Waals surface area (Å²) in [5, 5.41) is 0. The fraction of sp³-hybridized carbons (Fsp3) is 0.111. The zero-order chi connectivity index (χ0) is 37.0. The summed E-state index contributed by atoms with van der Waals surface area (Å²) in [6, 6.07) is 64.1. The second kappa shape index (κ2) is 11.8. The lowest BCUT2D eigenvalue weighted by atomic mass is 9.48. The molecule has 262 valence electrons. The van der Waals surface area contributed by atoms with Crippen molar-refractivity contribution >= 4 is 17.1 Å². The molecule has 0 amide bonds. The van der Waals surface area contributed by atoms with Gasteiger partial charge in [-0.2, -0.15) is 0 Å². The lowest BCUT2D eigenvalue weighted by Crippen LogP contribution is -2.47. The van der Waals surface area contributed by atoms with Gasteiger partial charge in [-0.25, -0.2) is 0 Å². The van der Waals surface area contributed by atoms with Crippen molar-refractivity contribution in [2.75, 3.05) is 4.90 Å². The lowest BCUT2D eigenvalue weighted by Gasteiger charge is -2.56. The highest BCUT2D eigenvalue weighted by molar-refractivity contribution is 5.99. The van der Waals surface area contributed by atoms with Crippen molar-refractivity contribution in [3.05, 3.63) is 231 Å². The van der Waals surface area contributed by atoms with E-state index in [0.29, 0.717) is 0 Å². The fourth-order valence-electron chi connectivity index (χ4n) is 10.3. The number of benzene rings is 8. The van der Waals surface area contributed by atoms with Gasteiger partial charge in [0.1, 0.15) is 0 Å². The molecule has 0 N–H and O–H groups in total. The SMILES string of the molecule is Cc1cc2c(cc1C)C13c4cc(C)c(C)cc4C2c2cccc(c21)N(c1ccccc1-c1ccccc1)c1ccc(-c2ccccc2-c2ccccc2)cc13. The van der Waals surface area contributed by atoms with E-state index in [1.165, 1.54) is 112 Å². The summed E-state index contributed by atoms with van der Waals surface area (Å²) in [5.41, 5.74) is 25.9.